The summed E-state index contributed by atoms with van der Waals surface area (Å²) in [5.74, 6) is 0.584. The van der Waals surface area contributed by atoms with Gasteiger partial charge >= 0.3 is 0 Å². The van der Waals surface area contributed by atoms with Crippen molar-refractivity contribution in [1.29, 1.82) is 0 Å². The van der Waals surface area contributed by atoms with E-state index in [1.807, 2.05) is 24.3 Å². The maximum absolute atomic E-state index is 11.3. The molecule has 3 aromatic rings. The molecular formula is C41H58O6Si. The van der Waals surface area contributed by atoms with Gasteiger partial charge in [0, 0.05) is 19.4 Å². The van der Waals surface area contributed by atoms with Gasteiger partial charge in [0.25, 0.3) is 8.32 Å². The zero-order chi connectivity index (χ0) is 34.3. The van der Waals surface area contributed by atoms with Crippen LogP contribution in [0.1, 0.15) is 91.5 Å². The summed E-state index contributed by atoms with van der Waals surface area (Å²) < 4.78 is 33.3. The van der Waals surface area contributed by atoms with Crippen molar-refractivity contribution in [1.82, 2.24) is 0 Å². The van der Waals surface area contributed by atoms with Gasteiger partial charge in [0.1, 0.15) is 5.75 Å². The number of methoxy groups -OCH3 is 1. The molecule has 0 amide bonds. The minimum Gasteiger partial charge on any atom is -0.497 e. The Kier molecular flexibility index (Phi) is 12.3. The van der Waals surface area contributed by atoms with E-state index in [0.29, 0.717) is 19.1 Å². The van der Waals surface area contributed by atoms with Crippen molar-refractivity contribution in [2.45, 2.75) is 121 Å². The number of aliphatic hydroxyl groups excluding tert-OH is 1. The van der Waals surface area contributed by atoms with Crippen LogP contribution in [0.5, 0.6) is 5.75 Å². The molecule has 0 aromatic heterocycles. The van der Waals surface area contributed by atoms with Gasteiger partial charge in [-0.05, 0) is 64.7 Å². The molecule has 2 aliphatic rings. The first-order valence-electron chi connectivity index (χ1n) is 18.1. The van der Waals surface area contributed by atoms with Crippen molar-refractivity contribution >= 4 is 18.7 Å². The Morgan fingerprint density at radius 1 is 0.917 bits per heavy atom. The zero-order valence-electron chi connectivity index (χ0n) is 30.1. The van der Waals surface area contributed by atoms with Crippen LogP contribution in [0.3, 0.4) is 0 Å². The van der Waals surface area contributed by atoms with Crippen molar-refractivity contribution < 1.29 is 28.5 Å². The van der Waals surface area contributed by atoms with Crippen LogP contribution in [0, 0.1) is 5.92 Å². The number of ether oxygens (including phenoxy) is 4. The molecule has 2 fully saturated rings. The summed E-state index contributed by atoms with van der Waals surface area (Å²) in [5.41, 5.74) is 0.481. The highest BCUT2D eigenvalue weighted by Crippen LogP contribution is 2.51. The summed E-state index contributed by atoms with van der Waals surface area (Å²) in [7, 11) is -1.25. The summed E-state index contributed by atoms with van der Waals surface area (Å²) >= 11 is 0. The largest absolute Gasteiger partial charge is 0.497 e. The van der Waals surface area contributed by atoms with Crippen LogP contribution < -0.4 is 15.1 Å². The second-order valence-corrected chi connectivity index (χ2v) is 19.2. The summed E-state index contributed by atoms with van der Waals surface area (Å²) in [4.78, 5) is 0. The predicted molar refractivity (Wildman–Crippen MR) is 195 cm³/mol. The molecule has 2 aliphatic heterocycles. The lowest BCUT2D eigenvalue weighted by Gasteiger charge is -2.49. The topological polar surface area (TPSA) is 66.4 Å². The second kappa shape index (κ2) is 16.0. The highest BCUT2D eigenvalue weighted by atomic mass is 28.4. The second-order valence-electron chi connectivity index (χ2n) is 15.0. The Hall–Kier alpha value is -2.52. The van der Waals surface area contributed by atoms with E-state index < -0.39 is 25.8 Å². The number of hydrogen-bond acceptors (Lipinski definition) is 6. The molecule has 48 heavy (non-hydrogen) atoms. The molecule has 2 heterocycles. The molecule has 5 atom stereocenters. The highest BCUT2D eigenvalue weighted by Gasteiger charge is 2.59. The molecule has 1 spiro atoms. The molecule has 7 heteroatoms. The van der Waals surface area contributed by atoms with Gasteiger partial charge in [-0.2, -0.15) is 0 Å². The fraction of sp³-hybridized carbons (Fsp3) is 0.561. The van der Waals surface area contributed by atoms with E-state index in [0.717, 1.165) is 62.7 Å². The first-order chi connectivity index (χ1) is 23.1. The van der Waals surface area contributed by atoms with Gasteiger partial charge in [0.05, 0.1) is 38.1 Å². The molecule has 5 rings (SSSR count). The third kappa shape index (κ3) is 7.93. The first kappa shape index (κ1) is 36.7. The van der Waals surface area contributed by atoms with Crippen LogP contribution in [0.2, 0.25) is 5.04 Å². The van der Waals surface area contributed by atoms with Crippen LogP contribution in [0.25, 0.3) is 0 Å². The van der Waals surface area contributed by atoms with Gasteiger partial charge < -0.3 is 28.5 Å². The lowest BCUT2D eigenvalue weighted by molar-refractivity contribution is -0.312. The monoisotopic (exact) mass is 674 g/mol. The Balaban J connectivity index is 1.37. The maximum Gasteiger partial charge on any atom is 0.261 e. The quantitative estimate of drug-likeness (QED) is 0.131. The van der Waals surface area contributed by atoms with Gasteiger partial charge in [-0.3, -0.25) is 0 Å². The summed E-state index contributed by atoms with van der Waals surface area (Å²) in [6.07, 6.45) is 6.70. The van der Waals surface area contributed by atoms with Crippen LogP contribution in [0.4, 0.5) is 0 Å². The minimum atomic E-state index is -2.93. The van der Waals surface area contributed by atoms with Crippen molar-refractivity contribution in [3.63, 3.8) is 0 Å². The lowest BCUT2D eigenvalue weighted by Crippen LogP contribution is -2.70. The summed E-state index contributed by atoms with van der Waals surface area (Å²) in [6.45, 7) is 12.4. The number of benzene rings is 3. The lowest BCUT2D eigenvalue weighted by atomic mass is 9.86. The normalized spacial score (nSPS) is 25.3. The fourth-order valence-electron chi connectivity index (χ4n) is 7.93. The van der Waals surface area contributed by atoms with Gasteiger partial charge in [-0.1, -0.05) is 120 Å². The van der Waals surface area contributed by atoms with Crippen LogP contribution in [-0.4, -0.2) is 57.3 Å². The first-order valence-corrected chi connectivity index (χ1v) is 20.0. The number of unbranched alkanes of at least 4 members (excludes halogenated alkanes) is 1. The molecule has 0 bridgehead atoms. The zero-order valence-corrected chi connectivity index (χ0v) is 31.1. The number of rotatable bonds is 15. The minimum absolute atomic E-state index is 0.0433. The molecule has 0 unspecified atom stereocenters. The Morgan fingerprint density at radius 2 is 1.56 bits per heavy atom. The number of aliphatic hydroxyl groups is 1. The van der Waals surface area contributed by atoms with E-state index >= 15 is 0 Å². The number of hydrogen-bond donors (Lipinski definition) is 1. The Bertz CT molecular complexity index is 1350. The average Bonchev–Trinajstić information content (AvgIpc) is 3.46. The van der Waals surface area contributed by atoms with Crippen LogP contribution in [0.15, 0.2) is 84.9 Å². The van der Waals surface area contributed by atoms with Crippen molar-refractivity contribution in [2.75, 3.05) is 20.3 Å². The van der Waals surface area contributed by atoms with E-state index in [1.54, 1.807) is 7.11 Å². The van der Waals surface area contributed by atoms with Gasteiger partial charge in [0.15, 0.2) is 5.79 Å². The molecule has 262 valence electrons. The average molecular weight is 675 g/mol. The molecule has 0 saturated carbocycles. The van der Waals surface area contributed by atoms with Gasteiger partial charge in [0.2, 0.25) is 0 Å². The molecular weight excluding hydrogens is 617 g/mol. The highest BCUT2D eigenvalue weighted by molar-refractivity contribution is 6.99. The van der Waals surface area contributed by atoms with Crippen LogP contribution >= 0.6 is 0 Å². The van der Waals surface area contributed by atoms with Crippen LogP contribution in [-0.2, 0) is 25.2 Å². The molecule has 2 saturated heterocycles. The molecule has 3 aromatic carbocycles. The molecule has 1 N–H and O–H groups in total. The fourth-order valence-corrected chi connectivity index (χ4v) is 12.7. The van der Waals surface area contributed by atoms with Crippen molar-refractivity contribution in [3.8, 4) is 5.75 Å². The Labute approximate surface area is 290 Å². The van der Waals surface area contributed by atoms with E-state index in [-0.39, 0.29) is 17.7 Å². The maximum atomic E-state index is 11.3. The van der Waals surface area contributed by atoms with Crippen molar-refractivity contribution in [3.05, 3.63) is 90.5 Å². The predicted octanol–water partition coefficient (Wildman–Crippen LogP) is 7.79. The third-order valence-corrected chi connectivity index (χ3v) is 15.8. The van der Waals surface area contributed by atoms with E-state index in [1.165, 1.54) is 10.4 Å². The Morgan fingerprint density at radius 3 is 2.12 bits per heavy atom. The van der Waals surface area contributed by atoms with Gasteiger partial charge in [-0.15, -0.1) is 0 Å². The summed E-state index contributed by atoms with van der Waals surface area (Å²) in [5, 5.41) is 13.5. The van der Waals surface area contributed by atoms with Gasteiger partial charge in [-0.25, -0.2) is 0 Å². The standard InChI is InChI=1S/C41H58O6Si/c1-7-8-25-40(38(30-42)46-48(39(3,4)5,35-15-11-9-12-16-35)36-17-13-10-14-18-36)27-28-41(47-40)26-23-32(2)37(45-41)24-29-44-31-33-19-21-34(43-6)22-20-33/h9-22,32,37-38,42H,7-8,23-31H2,1-6H3/t32-,37+,38-,40+,41-/m0/s1. The van der Waals surface area contributed by atoms with E-state index in [4.69, 9.17) is 23.4 Å². The third-order valence-electron chi connectivity index (χ3n) is 10.7. The van der Waals surface area contributed by atoms with E-state index in [9.17, 15) is 5.11 Å². The van der Waals surface area contributed by atoms with E-state index in [2.05, 4.69) is 95.3 Å². The molecule has 6 nitrogen and oxygen atoms in total. The SMILES string of the molecule is CCCC[C@]1([C@H](CO)O[Si](c2ccccc2)(c2ccccc2)C(C)(C)C)CC[C@]2(CC[C@H](C)[C@@H](CCOCc3ccc(OC)cc3)O2)O1. The van der Waals surface area contributed by atoms with Crippen molar-refractivity contribution in [2.24, 2.45) is 5.92 Å². The molecule has 0 radical (unpaired) electrons. The summed E-state index contributed by atoms with van der Waals surface area (Å²) in [6, 6.07) is 29.4. The smallest absolute Gasteiger partial charge is 0.261 e. The molecule has 0 aliphatic carbocycles.